The smallest absolute Gasteiger partial charge is 0.295 e. The number of ether oxygens (including phenoxy) is 1. The molecule has 0 radical (unpaired) electrons. The standard InChI is InChI=1S/C26H32N2O4/c1-18(2)17-32-21-13-8-12-20(16-21)24(29)22-23(19-10-6-5-7-11-19)28(26(31)25(22)30)15-9-14-27(3)4/h5-8,10-13,16,18,23,29H,9,14-15,17H2,1-4H3/b24-22-. The van der Waals surface area contributed by atoms with E-state index >= 15 is 0 Å². The van der Waals surface area contributed by atoms with Gasteiger partial charge in [-0.3, -0.25) is 9.59 Å². The highest BCUT2D eigenvalue weighted by Crippen LogP contribution is 2.39. The number of aliphatic hydroxyl groups is 1. The van der Waals surface area contributed by atoms with Gasteiger partial charge in [0, 0.05) is 12.1 Å². The molecule has 2 aromatic carbocycles. The molecule has 0 saturated carbocycles. The number of ketones is 1. The quantitative estimate of drug-likeness (QED) is 0.364. The Hall–Kier alpha value is -3.12. The molecule has 1 aliphatic rings. The van der Waals surface area contributed by atoms with Gasteiger partial charge in [-0.1, -0.05) is 56.3 Å². The third-order valence-corrected chi connectivity index (χ3v) is 5.35. The summed E-state index contributed by atoms with van der Waals surface area (Å²) in [5, 5.41) is 11.2. The molecule has 170 valence electrons. The van der Waals surface area contributed by atoms with Crippen molar-refractivity contribution in [3.05, 3.63) is 71.3 Å². The summed E-state index contributed by atoms with van der Waals surface area (Å²) >= 11 is 0. The molecule has 1 amide bonds. The Kier molecular flexibility index (Phi) is 7.70. The molecule has 1 fully saturated rings. The second kappa shape index (κ2) is 10.5. The van der Waals surface area contributed by atoms with Gasteiger partial charge in [0.15, 0.2) is 0 Å². The molecule has 0 aliphatic carbocycles. The van der Waals surface area contributed by atoms with Gasteiger partial charge >= 0.3 is 0 Å². The summed E-state index contributed by atoms with van der Waals surface area (Å²) in [6.07, 6.45) is 0.724. The summed E-state index contributed by atoms with van der Waals surface area (Å²) in [6.45, 7) is 5.88. The van der Waals surface area contributed by atoms with Gasteiger partial charge < -0.3 is 19.6 Å². The molecule has 1 atom stereocenters. The summed E-state index contributed by atoms with van der Waals surface area (Å²) in [5.74, 6) is -0.444. The fourth-order valence-corrected chi connectivity index (χ4v) is 3.80. The molecule has 1 aliphatic heterocycles. The number of nitrogens with zero attached hydrogens (tertiary/aromatic N) is 2. The van der Waals surface area contributed by atoms with Gasteiger partial charge in [-0.05, 0) is 50.7 Å². The number of Topliss-reactive ketones (excluding diaryl/α,β-unsaturated/α-hetero) is 1. The van der Waals surface area contributed by atoms with Gasteiger partial charge in [0.2, 0.25) is 0 Å². The van der Waals surface area contributed by atoms with Crippen molar-refractivity contribution in [3.8, 4) is 5.75 Å². The lowest BCUT2D eigenvalue weighted by Gasteiger charge is -2.26. The molecular formula is C26H32N2O4. The van der Waals surface area contributed by atoms with Crippen LogP contribution in [0.4, 0.5) is 0 Å². The number of hydrogen-bond donors (Lipinski definition) is 1. The summed E-state index contributed by atoms with van der Waals surface area (Å²) < 4.78 is 5.78. The minimum Gasteiger partial charge on any atom is -0.507 e. The topological polar surface area (TPSA) is 70.1 Å². The third-order valence-electron chi connectivity index (χ3n) is 5.35. The van der Waals surface area contributed by atoms with Crippen LogP contribution >= 0.6 is 0 Å². The highest BCUT2D eigenvalue weighted by Gasteiger charge is 2.45. The van der Waals surface area contributed by atoms with Crippen LogP contribution in [0, 0.1) is 5.92 Å². The van der Waals surface area contributed by atoms with Crippen LogP contribution in [0.25, 0.3) is 5.76 Å². The van der Waals surface area contributed by atoms with Gasteiger partial charge in [0.05, 0.1) is 18.2 Å². The fraction of sp³-hybridized carbons (Fsp3) is 0.385. The van der Waals surface area contributed by atoms with E-state index < -0.39 is 17.7 Å². The Balaban J connectivity index is 2.02. The number of carbonyl (C=O) groups is 2. The minimum atomic E-state index is -0.658. The molecule has 1 saturated heterocycles. The molecule has 1 unspecified atom stereocenters. The normalized spacial score (nSPS) is 18.1. The van der Waals surface area contributed by atoms with E-state index in [2.05, 4.69) is 13.8 Å². The van der Waals surface area contributed by atoms with Gasteiger partial charge in [0.1, 0.15) is 11.5 Å². The first-order valence-corrected chi connectivity index (χ1v) is 11.0. The first-order chi connectivity index (χ1) is 15.3. The van der Waals surface area contributed by atoms with Crippen molar-refractivity contribution in [1.82, 2.24) is 9.80 Å². The number of likely N-dealkylation sites (tertiary alicyclic amines) is 1. The lowest BCUT2D eigenvalue weighted by Crippen LogP contribution is -2.32. The van der Waals surface area contributed by atoms with E-state index in [1.165, 1.54) is 0 Å². The average Bonchev–Trinajstić information content (AvgIpc) is 3.03. The van der Waals surface area contributed by atoms with Crippen molar-refractivity contribution in [2.45, 2.75) is 26.3 Å². The number of rotatable bonds is 9. The van der Waals surface area contributed by atoms with E-state index in [-0.39, 0.29) is 11.3 Å². The number of amides is 1. The largest absolute Gasteiger partial charge is 0.507 e. The van der Waals surface area contributed by atoms with Crippen molar-refractivity contribution in [1.29, 1.82) is 0 Å². The molecule has 0 bridgehead atoms. The molecule has 2 aromatic rings. The van der Waals surface area contributed by atoms with Crippen LogP contribution in [0.5, 0.6) is 5.75 Å². The highest BCUT2D eigenvalue weighted by atomic mass is 16.5. The van der Waals surface area contributed by atoms with Gasteiger partial charge in [-0.15, -0.1) is 0 Å². The maximum absolute atomic E-state index is 13.1. The van der Waals surface area contributed by atoms with Crippen LogP contribution in [0.2, 0.25) is 0 Å². The zero-order valence-corrected chi connectivity index (χ0v) is 19.2. The van der Waals surface area contributed by atoms with Crippen LogP contribution in [0.3, 0.4) is 0 Å². The fourth-order valence-electron chi connectivity index (χ4n) is 3.80. The molecule has 3 rings (SSSR count). The predicted molar refractivity (Wildman–Crippen MR) is 125 cm³/mol. The van der Waals surface area contributed by atoms with Crippen LogP contribution in [-0.4, -0.2) is 60.4 Å². The van der Waals surface area contributed by atoms with E-state index in [0.717, 1.165) is 18.5 Å². The maximum atomic E-state index is 13.1. The number of aliphatic hydroxyl groups excluding tert-OH is 1. The van der Waals surface area contributed by atoms with Gasteiger partial charge in [-0.25, -0.2) is 0 Å². The Labute approximate surface area is 190 Å². The van der Waals surface area contributed by atoms with Crippen LogP contribution < -0.4 is 4.74 Å². The summed E-state index contributed by atoms with van der Waals surface area (Å²) in [7, 11) is 3.94. The molecule has 32 heavy (non-hydrogen) atoms. The van der Waals surface area contributed by atoms with Crippen LogP contribution in [-0.2, 0) is 9.59 Å². The number of benzene rings is 2. The molecule has 0 spiro atoms. The summed E-state index contributed by atoms with van der Waals surface area (Å²) in [5.41, 5.74) is 1.37. The van der Waals surface area contributed by atoms with Crippen molar-refractivity contribution in [3.63, 3.8) is 0 Å². The summed E-state index contributed by atoms with van der Waals surface area (Å²) in [6, 6.07) is 15.8. The van der Waals surface area contributed by atoms with E-state index in [9.17, 15) is 14.7 Å². The monoisotopic (exact) mass is 436 g/mol. The van der Waals surface area contributed by atoms with E-state index in [0.29, 0.717) is 30.4 Å². The highest BCUT2D eigenvalue weighted by molar-refractivity contribution is 6.46. The molecule has 1 N–H and O–H groups in total. The zero-order chi connectivity index (χ0) is 23.3. The summed E-state index contributed by atoms with van der Waals surface area (Å²) in [4.78, 5) is 29.6. The molecule has 6 heteroatoms. The lowest BCUT2D eigenvalue weighted by molar-refractivity contribution is -0.139. The second-order valence-electron chi connectivity index (χ2n) is 8.79. The molecular weight excluding hydrogens is 404 g/mol. The number of hydrogen-bond acceptors (Lipinski definition) is 5. The third kappa shape index (κ3) is 5.37. The minimum absolute atomic E-state index is 0.118. The lowest BCUT2D eigenvalue weighted by atomic mass is 9.95. The van der Waals surface area contributed by atoms with Crippen LogP contribution in [0.15, 0.2) is 60.2 Å². The SMILES string of the molecule is CC(C)COc1cccc(/C(O)=C2/C(=O)C(=O)N(CCCN(C)C)C2c2ccccc2)c1. The Morgan fingerprint density at radius 2 is 1.81 bits per heavy atom. The Morgan fingerprint density at radius 1 is 1.09 bits per heavy atom. The molecule has 0 aromatic heterocycles. The molecule has 1 heterocycles. The predicted octanol–water partition coefficient (Wildman–Crippen LogP) is 4.09. The average molecular weight is 437 g/mol. The van der Waals surface area contributed by atoms with Crippen molar-refractivity contribution in [2.75, 3.05) is 33.8 Å². The maximum Gasteiger partial charge on any atom is 0.295 e. The Morgan fingerprint density at radius 3 is 2.47 bits per heavy atom. The van der Waals surface area contributed by atoms with E-state index in [4.69, 9.17) is 4.74 Å². The second-order valence-corrected chi connectivity index (χ2v) is 8.79. The molecule has 6 nitrogen and oxygen atoms in total. The first-order valence-electron chi connectivity index (χ1n) is 11.0. The zero-order valence-electron chi connectivity index (χ0n) is 19.2. The van der Waals surface area contributed by atoms with Crippen LogP contribution in [0.1, 0.15) is 37.4 Å². The van der Waals surface area contributed by atoms with Crippen molar-refractivity contribution < 1.29 is 19.4 Å². The number of carbonyl (C=O) groups excluding carboxylic acids is 2. The van der Waals surface area contributed by atoms with E-state index in [1.807, 2.05) is 55.4 Å². The van der Waals surface area contributed by atoms with Crippen molar-refractivity contribution in [2.24, 2.45) is 5.92 Å². The first kappa shape index (κ1) is 23.5. The van der Waals surface area contributed by atoms with E-state index in [1.54, 1.807) is 23.1 Å². The van der Waals surface area contributed by atoms with Gasteiger partial charge in [-0.2, -0.15) is 0 Å². The Bertz CT molecular complexity index is 982. The van der Waals surface area contributed by atoms with Crippen molar-refractivity contribution >= 4 is 17.4 Å². The van der Waals surface area contributed by atoms with Gasteiger partial charge in [0.25, 0.3) is 11.7 Å².